The van der Waals surface area contributed by atoms with Crippen LogP contribution in [0, 0.1) is 6.42 Å². The number of fused-ring (bicyclic) bond motifs is 3. The van der Waals surface area contributed by atoms with Crippen LogP contribution < -0.4 is 0 Å². The summed E-state index contributed by atoms with van der Waals surface area (Å²) in [7, 11) is 0. The zero-order chi connectivity index (χ0) is 14.7. The van der Waals surface area contributed by atoms with Crippen molar-refractivity contribution in [2.75, 3.05) is 0 Å². The topological polar surface area (TPSA) is 0 Å². The summed E-state index contributed by atoms with van der Waals surface area (Å²) in [5, 5.41) is 0. The van der Waals surface area contributed by atoms with Crippen molar-refractivity contribution in [1.29, 1.82) is 0 Å². The lowest BCUT2D eigenvalue weighted by Gasteiger charge is -2.05. The molecule has 0 heteroatoms. The number of rotatable bonds is 6. The first-order chi connectivity index (χ1) is 10.3. The number of hydrogen-bond donors (Lipinski definition) is 0. The van der Waals surface area contributed by atoms with Crippen molar-refractivity contribution in [3.63, 3.8) is 0 Å². The molecule has 0 saturated heterocycles. The van der Waals surface area contributed by atoms with Crippen LogP contribution in [0.15, 0.2) is 36.4 Å². The molecule has 0 fully saturated rings. The maximum atomic E-state index is 2.39. The SMILES string of the molecule is CCCCc1ccc2c(c1)[CH]c1cc(CCCC)ccc1-2. The smallest absolute Gasteiger partial charge is 0.0212 e. The molecule has 2 aromatic rings. The Morgan fingerprint density at radius 3 is 1.57 bits per heavy atom. The molecule has 109 valence electrons. The molecule has 0 atom stereocenters. The molecule has 3 rings (SSSR count). The lowest BCUT2D eigenvalue weighted by atomic mass is 9.99. The Hall–Kier alpha value is -1.56. The first-order valence-electron chi connectivity index (χ1n) is 8.42. The number of aryl methyl sites for hydroxylation is 2. The average Bonchev–Trinajstić information content (AvgIpc) is 2.87. The van der Waals surface area contributed by atoms with Crippen molar-refractivity contribution in [3.05, 3.63) is 65.1 Å². The van der Waals surface area contributed by atoms with Crippen molar-refractivity contribution in [1.82, 2.24) is 0 Å². The first-order valence-corrected chi connectivity index (χ1v) is 8.42. The van der Waals surface area contributed by atoms with Crippen LogP contribution in [-0.4, -0.2) is 0 Å². The molecule has 0 aromatic heterocycles. The molecule has 0 heterocycles. The second kappa shape index (κ2) is 6.47. The van der Waals surface area contributed by atoms with E-state index in [9.17, 15) is 0 Å². The Balaban J connectivity index is 1.83. The monoisotopic (exact) mass is 277 g/mol. The Morgan fingerprint density at radius 1 is 0.667 bits per heavy atom. The summed E-state index contributed by atoms with van der Waals surface area (Å²) in [4.78, 5) is 0. The molecule has 1 aliphatic carbocycles. The largest absolute Gasteiger partial charge is 0.0654 e. The van der Waals surface area contributed by atoms with Gasteiger partial charge in [0.15, 0.2) is 0 Å². The highest BCUT2D eigenvalue weighted by Gasteiger charge is 2.19. The minimum atomic E-state index is 1.20. The molecule has 0 aliphatic heterocycles. The van der Waals surface area contributed by atoms with Gasteiger partial charge in [-0.15, -0.1) is 0 Å². The van der Waals surface area contributed by atoms with E-state index in [1.807, 2.05) is 0 Å². The van der Waals surface area contributed by atoms with Gasteiger partial charge in [0.2, 0.25) is 0 Å². The average molecular weight is 277 g/mol. The van der Waals surface area contributed by atoms with Crippen molar-refractivity contribution in [2.24, 2.45) is 0 Å². The van der Waals surface area contributed by atoms with E-state index in [2.05, 4.69) is 56.7 Å². The van der Waals surface area contributed by atoms with Crippen molar-refractivity contribution >= 4 is 0 Å². The summed E-state index contributed by atoms with van der Waals surface area (Å²) in [6.45, 7) is 4.51. The maximum Gasteiger partial charge on any atom is 0.0212 e. The van der Waals surface area contributed by atoms with Crippen LogP contribution >= 0.6 is 0 Å². The van der Waals surface area contributed by atoms with Gasteiger partial charge in [-0.2, -0.15) is 0 Å². The van der Waals surface area contributed by atoms with Crippen LogP contribution in [0.25, 0.3) is 11.1 Å². The number of benzene rings is 2. The van der Waals surface area contributed by atoms with Gasteiger partial charge in [-0.1, -0.05) is 63.1 Å². The van der Waals surface area contributed by atoms with Crippen LogP contribution in [0.3, 0.4) is 0 Å². The Labute approximate surface area is 129 Å². The van der Waals surface area contributed by atoms with Crippen molar-refractivity contribution in [2.45, 2.75) is 52.4 Å². The van der Waals surface area contributed by atoms with E-state index in [0.717, 1.165) is 0 Å². The quantitative estimate of drug-likeness (QED) is 0.522. The van der Waals surface area contributed by atoms with Gasteiger partial charge in [0.25, 0.3) is 0 Å². The van der Waals surface area contributed by atoms with Crippen LogP contribution in [-0.2, 0) is 12.8 Å². The highest BCUT2D eigenvalue weighted by Crippen LogP contribution is 2.39. The summed E-state index contributed by atoms with van der Waals surface area (Å²) in [5.41, 5.74) is 8.59. The second-order valence-electron chi connectivity index (χ2n) is 6.19. The molecule has 0 N–H and O–H groups in total. The summed E-state index contributed by atoms with van der Waals surface area (Å²) in [5.74, 6) is 0. The molecule has 0 nitrogen and oxygen atoms in total. The van der Waals surface area contributed by atoms with Crippen LogP contribution in [0.5, 0.6) is 0 Å². The zero-order valence-corrected chi connectivity index (χ0v) is 13.3. The van der Waals surface area contributed by atoms with Gasteiger partial charge in [0.1, 0.15) is 0 Å². The minimum Gasteiger partial charge on any atom is -0.0654 e. The molecule has 0 bridgehead atoms. The standard InChI is InChI=1S/C21H25/c1-3-5-7-16-9-11-20-18(13-16)15-19-14-17(8-6-4-2)10-12-21(19)20/h9-15H,3-8H2,1-2H3. The normalized spacial score (nSPS) is 12.3. The second-order valence-corrected chi connectivity index (χ2v) is 6.19. The van der Waals surface area contributed by atoms with E-state index in [0.29, 0.717) is 0 Å². The van der Waals surface area contributed by atoms with Crippen LogP contribution in [0.2, 0.25) is 0 Å². The van der Waals surface area contributed by atoms with Crippen LogP contribution in [0.1, 0.15) is 61.8 Å². The van der Waals surface area contributed by atoms with E-state index >= 15 is 0 Å². The summed E-state index contributed by atoms with van der Waals surface area (Å²) in [6.07, 6.45) is 9.88. The van der Waals surface area contributed by atoms with Gasteiger partial charge in [-0.25, -0.2) is 0 Å². The third-order valence-corrected chi connectivity index (χ3v) is 4.47. The lowest BCUT2D eigenvalue weighted by molar-refractivity contribution is 0.795. The minimum absolute atomic E-state index is 1.20. The number of unbranched alkanes of at least 4 members (excludes halogenated alkanes) is 2. The van der Waals surface area contributed by atoms with E-state index in [1.54, 1.807) is 0 Å². The van der Waals surface area contributed by atoms with E-state index in [1.165, 1.54) is 71.9 Å². The van der Waals surface area contributed by atoms with Gasteiger partial charge < -0.3 is 0 Å². The van der Waals surface area contributed by atoms with Crippen LogP contribution in [0.4, 0.5) is 0 Å². The fraction of sp³-hybridized carbons (Fsp3) is 0.381. The summed E-state index contributed by atoms with van der Waals surface area (Å²) >= 11 is 0. The molecule has 0 amide bonds. The van der Waals surface area contributed by atoms with E-state index in [-0.39, 0.29) is 0 Å². The zero-order valence-electron chi connectivity index (χ0n) is 13.3. The molecule has 2 aromatic carbocycles. The molecule has 1 radical (unpaired) electrons. The third kappa shape index (κ3) is 3.05. The Bertz CT molecular complexity index is 566. The van der Waals surface area contributed by atoms with Crippen molar-refractivity contribution in [3.8, 4) is 11.1 Å². The molecule has 1 aliphatic rings. The fourth-order valence-corrected chi connectivity index (χ4v) is 3.19. The van der Waals surface area contributed by atoms with E-state index in [4.69, 9.17) is 0 Å². The van der Waals surface area contributed by atoms with E-state index < -0.39 is 0 Å². The lowest BCUT2D eigenvalue weighted by Crippen LogP contribution is -1.87. The summed E-state index contributed by atoms with van der Waals surface area (Å²) < 4.78 is 0. The molecule has 0 unspecified atom stereocenters. The Kier molecular flexibility index (Phi) is 4.43. The highest BCUT2D eigenvalue weighted by molar-refractivity contribution is 5.81. The Morgan fingerprint density at radius 2 is 1.14 bits per heavy atom. The molecular formula is C21H25. The molecular weight excluding hydrogens is 252 g/mol. The third-order valence-electron chi connectivity index (χ3n) is 4.47. The fourth-order valence-electron chi connectivity index (χ4n) is 3.19. The predicted octanol–water partition coefficient (Wildman–Crippen LogP) is 5.95. The van der Waals surface area contributed by atoms with Gasteiger partial charge >= 0.3 is 0 Å². The van der Waals surface area contributed by atoms with Gasteiger partial charge in [-0.05, 0) is 59.1 Å². The first kappa shape index (κ1) is 14.4. The van der Waals surface area contributed by atoms with Gasteiger partial charge in [0.05, 0.1) is 0 Å². The predicted molar refractivity (Wildman–Crippen MR) is 91.6 cm³/mol. The maximum absolute atomic E-state index is 2.39. The van der Waals surface area contributed by atoms with Gasteiger partial charge in [-0.3, -0.25) is 0 Å². The molecule has 0 spiro atoms. The number of hydrogen-bond acceptors (Lipinski definition) is 0. The highest BCUT2D eigenvalue weighted by atomic mass is 14.2. The molecule has 0 saturated carbocycles. The van der Waals surface area contributed by atoms with Crippen molar-refractivity contribution < 1.29 is 0 Å². The van der Waals surface area contributed by atoms with Gasteiger partial charge in [0, 0.05) is 6.42 Å². The molecule has 21 heavy (non-hydrogen) atoms. The summed E-state index contributed by atoms with van der Waals surface area (Å²) in [6, 6.07) is 14.0.